The van der Waals surface area contributed by atoms with Gasteiger partial charge in [-0.1, -0.05) is 61.4 Å². The van der Waals surface area contributed by atoms with Crippen LogP contribution in [-0.2, 0) is 0 Å². The summed E-state index contributed by atoms with van der Waals surface area (Å²) in [7, 11) is 0. The van der Waals surface area contributed by atoms with E-state index >= 15 is 0 Å². The van der Waals surface area contributed by atoms with Crippen LogP contribution in [0.2, 0.25) is 0 Å². The first-order valence-corrected chi connectivity index (χ1v) is 6.99. The molecular weight excluding hydrogens is 228 g/mol. The average Bonchev–Trinajstić information content (AvgIpc) is 2.98. The van der Waals surface area contributed by atoms with Crippen molar-refractivity contribution in [2.24, 2.45) is 5.41 Å². The predicted octanol–water partition coefficient (Wildman–Crippen LogP) is 5.68. The zero-order valence-electron chi connectivity index (χ0n) is 13.0. The Morgan fingerprint density at radius 3 is 1.42 bits per heavy atom. The normalized spacial score (nSPS) is 18.0. The molecule has 0 saturated heterocycles. The first-order valence-electron chi connectivity index (χ1n) is 6.99. The van der Waals surface area contributed by atoms with Crippen LogP contribution in [0.4, 0.5) is 0 Å². The molecule has 2 aliphatic rings. The van der Waals surface area contributed by atoms with E-state index in [0.717, 1.165) is 0 Å². The third kappa shape index (κ3) is 2.32. The largest absolute Gasteiger partial charge is 0.0689 e. The fourth-order valence-corrected chi connectivity index (χ4v) is 2.95. The average molecular weight is 252 g/mol. The molecule has 0 heterocycles. The number of allylic oxidation sites excluding steroid dienone is 12. The van der Waals surface area contributed by atoms with Crippen molar-refractivity contribution in [3.63, 3.8) is 0 Å². The van der Waals surface area contributed by atoms with E-state index < -0.39 is 0 Å². The Morgan fingerprint density at radius 1 is 0.737 bits per heavy atom. The van der Waals surface area contributed by atoms with Gasteiger partial charge in [-0.2, -0.15) is 0 Å². The Bertz CT molecular complexity index is 522. The third-order valence-corrected chi connectivity index (χ3v) is 4.06. The molecule has 0 radical (unpaired) electrons. The second-order valence-corrected chi connectivity index (χ2v) is 6.33. The van der Waals surface area contributed by atoms with Gasteiger partial charge in [0.25, 0.3) is 0 Å². The minimum atomic E-state index is 0.0478. The maximum absolute atomic E-state index is 2.33. The molecule has 0 fully saturated rings. The van der Waals surface area contributed by atoms with Crippen LogP contribution in [-0.4, -0.2) is 0 Å². The molecule has 0 aromatic heterocycles. The summed E-state index contributed by atoms with van der Waals surface area (Å²) in [6.45, 7) is 13.4. The summed E-state index contributed by atoms with van der Waals surface area (Å²) in [6, 6.07) is 0. The van der Waals surface area contributed by atoms with E-state index in [9.17, 15) is 0 Å². The number of hydrogen-bond acceptors (Lipinski definition) is 0. The van der Waals surface area contributed by atoms with E-state index in [2.05, 4.69) is 78.0 Å². The van der Waals surface area contributed by atoms with Gasteiger partial charge in [0.15, 0.2) is 0 Å². The Labute approximate surface area is 117 Å². The lowest BCUT2D eigenvalue weighted by Gasteiger charge is -2.31. The summed E-state index contributed by atoms with van der Waals surface area (Å²) in [5, 5.41) is 0. The number of hydrogen-bond donors (Lipinski definition) is 0. The Hall–Kier alpha value is -1.56. The quantitative estimate of drug-likeness (QED) is 0.593. The highest BCUT2D eigenvalue weighted by atomic mass is 14.4. The molecule has 0 atom stereocenters. The van der Waals surface area contributed by atoms with Crippen molar-refractivity contribution in [2.45, 2.75) is 41.5 Å². The summed E-state index contributed by atoms with van der Waals surface area (Å²) in [5.41, 5.74) is 8.47. The molecule has 100 valence electrons. The van der Waals surface area contributed by atoms with Crippen LogP contribution >= 0.6 is 0 Å². The monoisotopic (exact) mass is 252 g/mol. The van der Waals surface area contributed by atoms with Gasteiger partial charge in [0.05, 0.1) is 0 Å². The molecule has 0 nitrogen and oxygen atoms in total. The topological polar surface area (TPSA) is 0 Å². The zero-order chi connectivity index (χ0) is 14.2. The van der Waals surface area contributed by atoms with Gasteiger partial charge in [-0.25, -0.2) is 0 Å². The predicted molar refractivity (Wildman–Crippen MR) is 85.0 cm³/mol. The van der Waals surface area contributed by atoms with E-state index in [1.807, 2.05) is 0 Å². The molecule has 2 rings (SSSR count). The molecule has 2 aliphatic carbocycles. The van der Waals surface area contributed by atoms with E-state index in [1.54, 1.807) is 0 Å². The molecule has 0 saturated carbocycles. The summed E-state index contributed by atoms with van der Waals surface area (Å²) in [6.07, 6.45) is 13.3. The van der Waals surface area contributed by atoms with Crippen LogP contribution < -0.4 is 0 Å². The van der Waals surface area contributed by atoms with Crippen LogP contribution in [0.1, 0.15) is 41.5 Å². The van der Waals surface area contributed by atoms with E-state index in [0.29, 0.717) is 0 Å². The summed E-state index contributed by atoms with van der Waals surface area (Å²) < 4.78 is 0. The zero-order valence-corrected chi connectivity index (χ0v) is 13.0. The second kappa shape index (κ2) is 4.85. The van der Waals surface area contributed by atoms with Gasteiger partial charge in [0.2, 0.25) is 0 Å². The SMILES string of the molecule is CC(C)=C1C=CC=C1C(C)(C)C1=CC=CC1=C(C)C. The molecule has 0 aliphatic heterocycles. The van der Waals surface area contributed by atoms with Gasteiger partial charge in [-0.15, -0.1) is 0 Å². The van der Waals surface area contributed by atoms with Crippen molar-refractivity contribution in [3.8, 4) is 0 Å². The van der Waals surface area contributed by atoms with Gasteiger partial charge in [0, 0.05) is 5.41 Å². The minimum Gasteiger partial charge on any atom is -0.0689 e. The van der Waals surface area contributed by atoms with Gasteiger partial charge < -0.3 is 0 Å². The van der Waals surface area contributed by atoms with Gasteiger partial charge >= 0.3 is 0 Å². The van der Waals surface area contributed by atoms with Crippen molar-refractivity contribution in [1.29, 1.82) is 0 Å². The van der Waals surface area contributed by atoms with E-state index in [4.69, 9.17) is 0 Å². The highest BCUT2D eigenvalue weighted by molar-refractivity contribution is 5.62. The Morgan fingerprint density at radius 2 is 1.11 bits per heavy atom. The van der Waals surface area contributed by atoms with Crippen LogP contribution in [0.25, 0.3) is 0 Å². The smallest absolute Gasteiger partial charge is 0.0158 e. The summed E-state index contributed by atoms with van der Waals surface area (Å²) in [4.78, 5) is 0. The van der Waals surface area contributed by atoms with Crippen molar-refractivity contribution >= 4 is 0 Å². The highest BCUT2D eigenvalue weighted by Gasteiger charge is 2.33. The molecule has 0 N–H and O–H groups in total. The van der Waals surface area contributed by atoms with E-state index in [1.165, 1.54) is 33.4 Å². The van der Waals surface area contributed by atoms with Crippen molar-refractivity contribution in [2.75, 3.05) is 0 Å². The minimum absolute atomic E-state index is 0.0478. The van der Waals surface area contributed by atoms with Crippen LogP contribution in [0.15, 0.2) is 69.9 Å². The molecule has 0 heteroatoms. The summed E-state index contributed by atoms with van der Waals surface area (Å²) >= 11 is 0. The molecule has 0 aromatic rings. The second-order valence-electron chi connectivity index (χ2n) is 6.33. The fraction of sp³-hybridized carbons (Fsp3) is 0.368. The maximum Gasteiger partial charge on any atom is 0.0158 e. The van der Waals surface area contributed by atoms with Gasteiger partial charge in [-0.05, 0) is 50.0 Å². The molecular formula is C19H24. The Balaban J connectivity index is 2.47. The molecule has 0 aromatic carbocycles. The molecule has 0 spiro atoms. The van der Waals surface area contributed by atoms with Crippen LogP contribution in [0, 0.1) is 5.41 Å². The van der Waals surface area contributed by atoms with Gasteiger partial charge in [0.1, 0.15) is 0 Å². The highest BCUT2D eigenvalue weighted by Crippen LogP contribution is 2.47. The fourth-order valence-electron chi connectivity index (χ4n) is 2.95. The lowest BCUT2D eigenvalue weighted by atomic mass is 9.72. The lowest BCUT2D eigenvalue weighted by Crippen LogP contribution is -2.19. The standard InChI is InChI=1S/C19H24/c1-13(2)15-9-7-11-17(15)19(5,6)18-12-8-10-16(18)14(3)4/h7-12H,1-6H3. The third-order valence-electron chi connectivity index (χ3n) is 4.06. The molecule has 19 heavy (non-hydrogen) atoms. The van der Waals surface area contributed by atoms with Gasteiger partial charge in [-0.3, -0.25) is 0 Å². The summed E-state index contributed by atoms with van der Waals surface area (Å²) in [5.74, 6) is 0. The lowest BCUT2D eigenvalue weighted by molar-refractivity contribution is 0.558. The molecule has 0 amide bonds. The molecule has 0 bridgehead atoms. The van der Waals surface area contributed by atoms with Crippen molar-refractivity contribution < 1.29 is 0 Å². The van der Waals surface area contributed by atoms with Crippen LogP contribution in [0.3, 0.4) is 0 Å². The maximum atomic E-state index is 2.33. The first kappa shape index (κ1) is 13.9. The van der Waals surface area contributed by atoms with Crippen molar-refractivity contribution in [1.82, 2.24) is 0 Å². The molecule has 0 unspecified atom stereocenters. The first-order chi connectivity index (χ1) is 8.85. The van der Waals surface area contributed by atoms with Crippen LogP contribution in [0.5, 0.6) is 0 Å². The number of rotatable bonds is 2. The van der Waals surface area contributed by atoms with Crippen molar-refractivity contribution in [3.05, 3.63) is 69.9 Å². The van der Waals surface area contributed by atoms with E-state index in [-0.39, 0.29) is 5.41 Å². The Kier molecular flexibility index (Phi) is 3.54.